The van der Waals surface area contributed by atoms with Gasteiger partial charge in [0.1, 0.15) is 12.1 Å². The van der Waals surface area contributed by atoms with Crippen molar-refractivity contribution < 1.29 is 9.18 Å². The number of hydrogen-bond acceptors (Lipinski definition) is 4. The summed E-state index contributed by atoms with van der Waals surface area (Å²) in [7, 11) is 0. The van der Waals surface area contributed by atoms with Crippen molar-refractivity contribution in [1.29, 1.82) is 0 Å². The zero-order valence-corrected chi connectivity index (χ0v) is 16.0. The van der Waals surface area contributed by atoms with E-state index in [0.717, 1.165) is 22.2 Å². The Bertz CT molecular complexity index is 928. The van der Waals surface area contributed by atoms with Crippen molar-refractivity contribution in [2.75, 3.05) is 5.75 Å². The van der Waals surface area contributed by atoms with E-state index in [4.69, 9.17) is 0 Å². The normalized spacial score (nSPS) is 11.3. The molecule has 0 aliphatic carbocycles. The van der Waals surface area contributed by atoms with Crippen LogP contribution in [0.4, 0.5) is 4.39 Å². The van der Waals surface area contributed by atoms with Gasteiger partial charge in [-0.2, -0.15) is 0 Å². The van der Waals surface area contributed by atoms with E-state index >= 15 is 0 Å². The largest absolute Gasteiger partial charge is 0.318 e. The molecule has 7 heteroatoms. The van der Waals surface area contributed by atoms with Crippen LogP contribution < -0.4 is 0 Å². The summed E-state index contributed by atoms with van der Waals surface area (Å²) >= 11 is 1.39. The van der Waals surface area contributed by atoms with E-state index in [1.54, 1.807) is 18.5 Å². The Morgan fingerprint density at radius 1 is 1.23 bits per heavy atom. The Kier molecular flexibility index (Phi) is 5.27. The third kappa shape index (κ3) is 3.58. The molecule has 0 aliphatic rings. The van der Waals surface area contributed by atoms with Crippen molar-refractivity contribution >= 4 is 17.5 Å². The van der Waals surface area contributed by atoms with Crippen molar-refractivity contribution in [3.05, 3.63) is 59.4 Å². The van der Waals surface area contributed by atoms with Gasteiger partial charge in [0.2, 0.25) is 0 Å². The third-order valence-electron chi connectivity index (χ3n) is 4.25. The molecule has 0 fully saturated rings. The predicted octanol–water partition coefficient (Wildman–Crippen LogP) is 4.38. The molecule has 0 bridgehead atoms. The van der Waals surface area contributed by atoms with Crippen molar-refractivity contribution in [3.63, 3.8) is 0 Å². The molecule has 0 amide bonds. The average Bonchev–Trinajstić information content (AvgIpc) is 3.18. The van der Waals surface area contributed by atoms with E-state index in [2.05, 4.69) is 10.2 Å². The molecule has 1 aromatic carbocycles. The molecular weight excluding hydrogens is 351 g/mol. The first-order valence-electron chi connectivity index (χ1n) is 8.39. The third-order valence-corrected chi connectivity index (χ3v) is 5.20. The Morgan fingerprint density at radius 2 is 1.92 bits per heavy atom. The van der Waals surface area contributed by atoms with Gasteiger partial charge in [-0.3, -0.25) is 4.79 Å². The molecule has 0 aliphatic heterocycles. The first-order valence-corrected chi connectivity index (χ1v) is 9.37. The van der Waals surface area contributed by atoms with Gasteiger partial charge in [0.25, 0.3) is 0 Å². The molecule has 2 heterocycles. The SMILES string of the molecule is Cc1cc(C(=O)CSc2nncn2C(C)C)c(C)n1-c1ccc(F)cc1. The number of halogens is 1. The number of benzene rings is 1. The number of hydrogen-bond donors (Lipinski definition) is 0. The average molecular weight is 372 g/mol. The lowest BCUT2D eigenvalue weighted by molar-refractivity contribution is 0.102. The summed E-state index contributed by atoms with van der Waals surface area (Å²) in [5, 5.41) is 8.75. The van der Waals surface area contributed by atoms with Gasteiger partial charge in [0.15, 0.2) is 10.9 Å². The Morgan fingerprint density at radius 3 is 2.58 bits per heavy atom. The Hall–Kier alpha value is -2.41. The molecule has 0 saturated heterocycles. The summed E-state index contributed by atoms with van der Waals surface area (Å²) in [5.41, 5.74) is 3.31. The highest BCUT2D eigenvalue weighted by atomic mass is 32.2. The molecule has 0 saturated carbocycles. The molecule has 5 nitrogen and oxygen atoms in total. The van der Waals surface area contributed by atoms with E-state index in [1.165, 1.54) is 23.9 Å². The van der Waals surface area contributed by atoms with Crippen LogP contribution in [0, 0.1) is 19.7 Å². The van der Waals surface area contributed by atoms with Crippen LogP contribution in [-0.2, 0) is 0 Å². The van der Waals surface area contributed by atoms with Crippen molar-refractivity contribution in [2.45, 2.75) is 38.9 Å². The molecule has 3 aromatic rings. The van der Waals surface area contributed by atoms with Crippen molar-refractivity contribution in [2.24, 2.45) is 0 Å². The second-order valence-electron chi connectivity index (χ2n) is 6.42. The second-order valence-corrected chi connectivity index (χ2v) is 7.37. The zero-order chi connectivity index (χ0) is 18.8. The summed E-state index contributed by atoms with van der Waals surface area (Å²) in [6.45, 7) is 7.94. The van der Waals surface area contributed by atoms with Gasteiger partial charge in [-0.05, 0) is 58.0 Å². The first kappa shape index (κ1) is 18.4. The molecule has 136 valence electrons. The van der Waals surface area contributed by atoms with E-state index < -0.39 is 0 Å². The summed E-state index contributed by atoms with van der Waals surface area (Å²) in [6.07, 6.45) is 1.68. The maximum absolute atomic E-state index is 13.2. The van der Waals surface area contributed by atoms with Crippen LogP contribution in [0.5, 0.6) is 0 Å². The minimum absolute atomic E-state index is 0.0368. The molecule has 0 unspecified atom stereocenters. The molecule has 0 N–H and O–H groups in total. The Balaban J connectivity index is 1.81. The molecule has 0 spiro atoms. The van der Waals surface area contributed by atoms with Gasteiger partial charge in [-0.15, -0.1) is 10.2 Å². The van der Waals surface area contributed by atoms with E-state index in [-0.39, 0.29) is 17.6 Å². The monoisotopic (exact) mass is 372 g/mol. The predicted molar refractivity (Wildman–Crippen MR) is 101 cm³/mol. The van der Waals surface area contributed by atoms with Crippen molar-refractivity contribution in [1.82, 2.24) is 19.3 Å². The summed E-state index contributed by atoms with van der Waals surface area (Å²) in [5.74, 6) is 0.0482. The number of carbonyl (C=O) groups excluding carboxylic acids is 1. The maximum atomic E-state index is 13.2. The summed E-state index contributed by atoms with van der Waals surface area (Å²) in [6, 6.07) is 8.39. The molecule has 26 heavy (non-hydrogen) atoms. The van der Waals surface area contributed by atoms with E-state index in [1.807, 2.05) is 42.9 Å². The standard InChI is InChI=1S/C19H21FN4OS/c1-12(2)23-11-21-22-19(23)26-10-18(25)17-9-13(3)24(14(17)4)16-7-5-15(20)6-8-16/h5-9,11-12H,10H2,1-4H3. The second kappa shape index (κ2) is 7.45. The summed E-state index contributed by atoms with van der Waals surface area (Å²) in [4.78, 5) is 12.7. The van der Waals surface area contributed by atoms with Crippen LogP contribution >= 0.6 is 11.8 Å². The van der Waals surface area contributed by atoms with Crippen LogP contribution in [0.1, 0.15) is 41.6 Å². The molecular formula is C19H21FN4OS. The molecule has 2 aromatic heterocycles. The lowest BCUT2D eigenvalue weighted by Crippen LogP contribution is -2.07. The van der Waals surface area contributed by atoms with E-state index in [0.29, 0.717) is 11.3 Å². The minimum atomic E-state index is -0.279. The fraction of sp³-hybridized carbons (Fsp3) is 0.316. The van der Waals surface area contributed by atoms with Gasteiger partial charge >= 0.3 is 0 Å². The van der Waals surface area contributed by atoms with Crippen LogP contribution in [0.15, 0.2) is 41.8 Å². The molecule has 0 radical (unpaired) electrons. The topological polar surface area (TPSA) is 52.7 Å². The molecule has 3 rings (SSSR count). The number of ketones is 1. The lowest BCUT2D eigenvalue weighted by atomic mass is 10.2. The van der Waals surface area contributed by atoms with Crippen LogP contribution in [0.25, 0.3) is 5.69 Å². The van der Waals surface area contributed by atoms with E-state index in [9.17, 15) is 9.18 Å². The highest BCUT2D eigenvalue weighted by Crippen LogP contribution is 2.24. The Labute approximate surface area is 156 Å². The number of aromatic nitrogens is 4. The first-order chi connectivity index (χ1) is 12.4. The number of carbonyl (C=O) groups is 1. The van der Waals surface area contributed by atoms with Crippen LogP contribution in [0.3, 0.4) is 0 Å². The fourth-order valence-corrected chi connectivity index (χ4v) is 3.86. The molecule has 0 atom stereocenters. The van der Waals surface area contributed by atoms with Crippen LogP contribution in [-0.4, -0.2) is 30.9 Å². The highest BCUT2D eigenvalue weighted by molar-refractivity contribution is 7.99. The fourth-order valence-electron chi connectivity index (χ4n) is 2.93. The van der Waals surface area contributed by atoms with Gasteiger partial charge in [-0.1, -0.05) is 11.8 Å². The smallest absolute Gasteiger partial charge is 0.191 e. The number of Topliss-reactive ketones (excluding diaryl/α,β-unsaturated/α-hetero) is 1. The van der Waals surface area contributed by atoms with Crippen LogP contribution in [0.2, 0.25) is 0 Å². The van der Waals surface area contributed by atoms with Gasteiger partial charge in [0, 0.05) is 28.7 Å². The van der Waals surface area contributed by atoms with Gasteiger partial charge < -0.3 is 9.13 Å². The lowest BCUT2D eigenvalue weighted by Gasteiger charge is -2.10. The number of rotatable bonds is 6. The number of thioether (sulfide) groups is 1. The minimum Gasteiger partial charge on any atom is -0.318 e. The number of nitrogens with zero attached hydrogens (tertiary/aromatic N) is 4. The highest BCUT2D eigenvalue weighted by Gasteiger charge is 2.18. The maximum Gasteiger partial charge on any atom is 0.191 e. The summed E-state index contributed by atoms with van der Waals surface area (Å²) < 4.78 is 17.1. The number of aryl methyl sites for hydroxylation is 1. The van der Waals surface area contributed by atoms with Gasteiger partial charge in [-0.25, -0.2) is 4.39 Å². The van der Waals surface area contributed by atoms with Gasteiger partial charge in [0.05, 0.1) is 5.75 Å². The zero-order valence-electron chi connectivity index (χ0n) is 15.2. The van der Waals surface area contributed by atoms with Crippen molar-refractivity contribution in [3.8, 4) is 5.69 Å². The quantitative estimate of drug-likeness (QED) is 0.476.